The van der Waals surface area contributed by atoms with Crippen molar-refractivity contribution in [2.75, 3.05) is 6.54 Å². The van der Waals surface area contributed by atoms with Crippen LogP contribution in [0.5, 0.6) is 0 Å². The maximum Gasteiger partial charge on any atom is 0.287 e. The summed E-state index contributed by atoms with van der Waals surface area (Å²) in [6.45, 7) is 6.34. The van der Waals surface area contributed by atoms with Crippen LogP contribution in [0.25, 0.3) is 5.52 Å². The third-order valence-electron chi connectivity index (χ3n) is 4.27. The molecule has 0 aliphatic carbocycles. The highest BCUT2D eigenvalue weighted by Crippen LogP contribution is 2.25. The molecule has 2 N–H and O–H groups in total. The van der Waals surface area contributed by atoms with Gasteiger partial charge in [0.1, 0.15) is 11.8 Å². The van der Waals surface area contributed by atoms with Crippen molar-refractivity contribution in [3.63, 3.8) is 0 Å². The van der Waals surface area contributed by atoms with Crippen molar-refractivity contribution >= 4 is 11.4 Å². The molecule has 6 heteroatoms. The summed E-state index contributed by atoms with van der Waals surface area (Å²) in [5.41, 5.74) is 2.84. The first-order valence-electron chi connectivity index (χ1n) is 9.20. The summed E-state index contributed by atoms with van der Waals surface area (Å²) in [7, 11) is 0. The number of nitrogens with zero attached hydrogens (tertiary/aromatic N) is 3. The van der Waals surface area contributed by atoms with Crippen molar-refractivity contribution in [2.24, 2.45) is 0 Å². The first-order chi connectivity index (χ1) is 13.6. The normalized spacial score (nSPS) is 12.4. The third kappa shape index (κ3) is 4.53. The molecule has 0 aliphatic rings. The van der Waals surface area contributed by atoms with Gasteiger partial charge in [0.2, 0.25) is 5.82 Å². The zero-order chi connectivity index (χ0) is 19.9. The largest absolute Gasteiger partial charge is 0.382 e. The second-order valence-corrected chi connectivity index (χ2v) is 6.64. The molecule has 1 atom stereocenters. The van der Waals surface area contributed by atoms with E-state index in [1.165, 1.54) is 0 Å². The Morgan fingerprint density at radius 2 is 2.18 bits per heavy atom. The minimum Gasteiger partial charge on any atom is -0.382 e. The SMILES string of the molecule is C=C(C)C/C=C/CCNC(=O)c1nc(C(O)c2cccnc2)c2ccccn12. The summed E-state index contributed by atoms with van der Waals surface area (Å²) < 4.78 is 1.70. The molecule has 1 unspecified atom stereocenters. The van der Waals surface area contributed by atoms with Gasteiger partial charge in [0.25, 0.3) is 5.91 Å². The van der Waals surface area contributed by atoms with E-state index < -0.39 is 6.10 Å². The number of carbonyl (C=O) groups excluding carboxylic acids is 1. The number of aliphatic hydroxyl groups is 1. The lowest BCUT2D eigenvalue weighted by atomic mass is 10.1. The zero-order valence-corrected chi connectivity index (χ0v) is 15.9. The highest BCUT2D eigenvalue weighted by Gasteiger charge is 2.22. The molecule has 1 amide bonds. The number of carbonyl (C=O) groups is 1. The molecule has 0 spiro atoms. The zero-order valence-electron chi connectivity index (χ0n) is 15.9. The van der Waals surface area contributed by atoms with E-state index >= 15 is 0 Å². The van der Waals surface area contributed by atoms with Crippen molar-refractivity contribution in [1.82, 2.24) is 19.7 Å². The molecule has 0 fully saturated rings. The van der Waals surface area contributed by atoms with Crippen LogP contribution in [0.4, 0.5) is 0 Å². The third-order valence-corrected chi connectivity index (χ3v) is 4.27. The van der Waals surface area contributed by atoms with Gasteiger partial charge < -0.3 is 10.4 Å². The van der Waals surface area contributed by atoms with Gasteiger partial charge in [-0.2, -0.15) is 0 Å². The van der Waals surface area contributed by atoms with Crippen molar-refractivity contribution in [3.8, 4) is 0 Å². The molecule has 0 aromatic carbocycles. The lowest BCUT2D eigenvalue weighted by Gasteiger charge is -2.08. The van der Waals surface area contributed by atoms with E-state index in [2.05, 4.69) is 21.9 Å². The fraction of sp³-hybridized carbons (Fsp3) is 0.227. The summed E-state index contributed by atoms with van der Waals surface area (Å²) >= 11 is 0. The van der Waals surface area contributed by atoms with Crippen LogP contribution >= 0.6 is 0 Å². The Morgan fingerprint density at radius 3 is 2.93 bits per heavy atom. The van der Waals surface area contributed by atoms with Gasteiger partial charge >= 0.3 is 0 Å². The van der Waals surface area contributed by atoms with Crippen molar-refractivity contribution in [2.45, 2.75) is 25.9 Å². The molecule has 0 bridgehead atoms. The highest BCUT2D eigenvalue weighted by atomic mass is 16.3. The van der Waals surface area contributed by atoms with Crippen molar-refractivity contribution in [1.29, 1.82) is 0 Å². The van der Waals surface area contributed by atoms with Gasteiger partial charge in [-0.1, -0.05) is 36.4 Å². The Labute approximate surface area is 164 Å². The summed E-state index contributed by atoms with van der Waals surface area (Å²) in [6.07, 6.45) is 9.68. The predicted molar refractivity (Wildman–Crippen MR) is 109 cm³/mol. The first kappa shape index (κ1) is 19.5. The second-order valence-electron chi connectivity index (χ2n) is 6.64. The van der Waals surface area contributed by atoms with Crippen molar-refractivity contribution in [3.05, 3.63) is 90.3 Å². The summed E-state index contributed by atoms with van der Waals surface area (Å²) in [4.78, 5) is 21.1. The number of hydrogen-bond donors (Lipinski definition) is 2. The van der Waals surface area contributed by atoms with Crippen LogP contribution in [-0.2, 0) is 0 Å². The van der Waals surface area contributed by atoms with Gasteiger partial charge in [-0.15, -0.1) is 0 Å². The maximum atomic E-state index is 12.6. The molecule has 3 heterocycles. The molecular weight excluding hydrogens is 352 g/mol. The second kappa shape index (κ2) is 9.10. The van der Waals surface area contributed by atoms with E-state index in [1.54, 1.807) is 35.1 Å². The number of fused-ring (bicyclic) bond motifs is 1. The van der Waals surface area contributed by atoms with E-state index in [0.29, 0.717) is 23.3 Å². The van der Waals surface area contributed by atoms with Gasteiger partial charge in [-0.3, -0.25) is 14.2 Å². The molecular formula is C22H24N4O2. The summed E-state index contributed by atoms with van der Waals surface area (Å²) in [5.74, 6) is -0.0291. The number of pyridine rings is 2. The minimum atomic E-state index is -0.960. The molecule has 28 heavy (non-hydrogen) atoms. The van der Waals surface area contributed by atoms with Crippen molar-refractivity contribution < 1.29 is 9.90 Å². The molecule has 6 nitrogen and oxygen atoms in total. The van der Waals surface area contributed by atoms with E-state index in [-0.39, 0.29) is 11.7 Å². The Kier molecular flexibility index (Phi) is 6.34. The van der Waals surface area contributed by atoms with Crippen LogP contribution < -0.4 is 5.32 Å². The fourth-order valence-corrected chi connectivity index (χ4v) is 2.87. The molecule has 3 rings (SSSR count). The van der Waals surface area contributed by atoms with Crippen LogP contribution in [0, 0.1) is 0 Å². The molecule has 0 saturated carbocycles. The molecule has 3 aromatic heterocycles. The Morgan fingerprint density at radius 1 is 1.32 bits per heavy atom. The first-order valence-corrected chi connectivity index (χ1v) is 9.20. The standard InChI is InChI=1S/C22H24N4O2/c1-16(2)9-4-3-6-13-24-22(28)21-25-19(18-11-5-7-14-26(18)21)20(27)17-10-8-12-23-15-17/h3-5,7-8,10-12,14-15,20,27H,1,6,9,13H2,2H3,(H,24,28)/b4-3+. The van der Waals surface area contributed by atoms with Gasteiger partial charge in [0.05, 0.1) is 5.52 Å². The van der Waals surface area contributed by atoms with Crippen LogP contribution in [0.1, 0.15) is 47.7 Å². The highest BCUT2D eigenvalue weighted by molar-refractivity contribution is 5.92. The number of allylic oxidation sites excluding steroid dienone is 2. The predicted octanol–water partition coefficient (Wildman–Crippen LogP) is 3.45. The summed E-state index contributed by atoms with van der Waals surface area (Å²) in [6, 6.07) is 9.05. The number of amides is 1. The van der Waals surface area contributed by atoms with Gasteiger partial charge in [-0.25, -0.2) is 4.98 Å². The maximum absolute atomic E-state index is 12.6. The number of hydrogen-bond acceptors (Lipinski definition) is 4. The molecule has 3 aromatic rings. The molecule has 0 aliphatic heterocycles. The molecule has 0 saturated heterocycles. The van der Waals surface area contributed by atoms with Crippen LogP contribution in [0.2, 0.25) is 0 Å². The number of aliphatic hydroxyl groups excluding tert-OH is 1. The van der Waals surface area contributed by atoms with Gasteiger partial charge in [0, 0.05) is 30.7 Å². The van der Waals surface area contributed by atoms with Crippen LogP contribution in [0.3, 0.4) is 0 Å². The molecule has 0 radical (unpaired) electrons. The van der Waals surface area contributed by atoms with E-state index in [1.807, 2.05) is 37.3 Å². The monoisotopic (exact) mass is 376 g/mol. The minimum absolute atomic E-state index is 0.249. The van der Waals surface area contributed by atoms with E-state index in [0.717, 1.165) is 18.4 Å². The quantitative estimate of drug-likeness (QED) is 0.466. The number of nitrogens with one attached hydrogen (secondary N) is 1. The van der Waals surface area contributed by atoms with E-state index in [9.17, 15) is 9.90 Å². The van der Waals surface area contributed by atoms with E-state index in [4.69, 9.17) is 0 Å². The number of rotatable bonds is 8. The lowest BCUT2D eigenvalue weighted by Crippen LogP contribution is -2.26. The number of aromatic nitrogens is 3. The molecule has 144 valence electrons. The fourth-order valence-electron chi connectivity index (χ4n) is 2.87. The Bertz CT molecular complexity index is 992. The van der Waals surface area contributed by atoms with Crippen LogP contribution in [-0.4, -0.2) is 31.9 Å². The Balaban J connectivity index is 1.77. The van der Waals surface area contributed by atoms with Crippen LogP contribution in [0.15, 0.2) is 73.2 Å². The van der Waals surface area contributed by atoms with Gasteiger partial charge in [0.15, 0.2) is 0 Å². The summed E-state index contributed by atoms with van der Waals surface area (Å²) in [5, 5.41) is 13.6. The number of imidazole rings is 1. The topological polar surface area (TPSA) is 79.5 Å². The average molecular weight is 376 g/mol. The Hall–Kier alpha value is -3.25. The smallest absolute Gasteiger partial charge is 0.287 e. The lowest BCUT2D eigenvalue weighted by molar-refractivity contribution is 0.0943. The average Bonchev–Trinajstić information content (AvgIpc) is 3.10. The van der Waals surface area contributed by atoms with Gasteiger partial charge in [-0.05, 0) is 38.0 Å².